The van der Waals surface area contributed by atoms with Gasteiger partial charge in [-0.25, -0.2) is 4.98 Å². The van der Waals surface area contributed by atoms with Crippen LogP contribution in [0.4, 0.5) is 0 Å². The van der Waals surface area contributed by atoms with Crippen LogP contribution in [0, 0.1) is 0 Å². The fourth-order valence-corrected chi connectivity index (χ4v) is 4.83. The lowest BCUT2D eigenvalue weighted by Gasteiger charge is -2.30. The fraction of sp³-hybridized carbons (Fsp3) is 0.360. The minimum absolute atomic E-state index is 0.0315. The molecule has 1 amide bonds. The highest BCUT2D eigenvalue weighted by molar-refractivity contribution is 5.98. The summed E-state index contributed by atoms with van der Waals surface area (Å²) in [6, 6.07) is 14.1. The Morgan fingerprint density at radius 2 is 2.03 bits per heavy atom. The molecular weight excluding hydrogens is 402 g/mol. The Bertz CT molecular complexity index is 1320. The second-order valence-corrected chi connectivity index (χ2v) is 8.55. The SMILES string of the molecule is CCn1c(-c2nc3cc(C(=O)N4CCCC(N)C4)ccc3n2C)cc2ccc(OC)cc21. The second-order valence-electron chi connectivity index (χ2n) is 8.55. The summed E-state index contributed by atoms with van der Waals surface area (Å²) in [6.45, 7) is 4.32. The van der Waals surface area contributed by atoms with Crippen molar-refractivity contribution in [2.75, 3.05) is 20.2 Å². The number of rotatable bonds is 4. The van der Waals surface area contributed by atoms with Gasteiger partial charge in [-0.3, -0.25) is 4.79 Å². The maximum absolute atomic E-state index is 13.0. The first kappa shape index (κ1) is 20.6. The molecule has 4 aromatic rings. The summed E-state index contributed by atoms with van der Waals surface area (Å²) >= 11 is 0. The van der Waals surface area contributed by atoms with Gasteiger partial charge in [-0.05, 0) is 56.2 Å². The first-order valence-corrected chi connectivity index (χ1v) is 11.2. The van der Waals surface area contributed by atoms with E-state index in [-0.39, 0.29) is 11.9 Å². The van der Waals surface area contributed by atoms with Gasteiger partial charge in [-0.15, -0.1) is 0 Å². The highest BCUT2D eigenvalue weighted by atomic mass is 16.5. The van der Waals surface area contributed by atoms with Crippen molar-refractivity contribution in [1.29, 1.82) is 0 Å². The lowest BCUT2D eigenvalue weighted by molar-refractivity contribution is 0.0709. The Morgan fingerprint density at radius 1 is 1.19 bits per heavy atom. The molecule has 3 heterocycles. The van der Waals surface area contributed by atoms with Crippen molar-refractivity contribution in [3.63, 3.8) is 0 Å². The van der Waals surface area contributed by atoms with Gasteiger partial charge < -0.3 is 24.5 Å². The standard InChI is InChI=1S/C25H29N5O2/c1-4-30-22-14-19(32-3)9-7-16(22)13-23(30)24-27-20-12-17(8-10-21(20)28(24)2)25(31)29-11-5-6-18(26)15-29/h7-10,12-14,18H,4-6,11,15,26H2,1-3H3. The second kappa shape index (κ2) is 7.98. The molecule has 1 atom stereocenters. The maximum atomic E-state index is 13.0. The summed E-state index contributed by atoms with van der Waals surface area (Å²) in [5.74, 6) is 1.74. The van der Waals surface area contributed by atoms with Crippen LogP contribution in [0.1, 0.15) is 30.1 Å². The molecule has 2 N–H and O–H groups in total. The molecule has 0 aliphatic carbocycles. The van der Waals surface area contributed by atoms with Crippen molar-refractivity contribution in [1.82, 2.24) is 19.0 Å². The van der Waals surface area contributed by atoms with Crippen LogP contribution in [-0.2, 0) is 13.6 Å². The number of carbonyl (C=O) groups is 1. The number of nitrogens with zero attached hydrogens (tertiary/aromatic N) is 4. The predicted molar refractivity (Wildman–Crippen MR) is 127 cm³/mol. The molecule has 1 saturated heterocycles. The molecule has 32 heavy (non-hydrogen) atoms. The molecule has 2 aromatic heterocycles. The van der Waals surface area contributed by atoms with Crippen LogP contribution in [0.15, 0.2) is 42.5 Å². The largest absolute Gasteiger partial charge is 0.497 e. The summed E-state index contributed by atoms with van der Waals surface area (Å²) in [6.07, 6.45) is 1.93. The maximum Gasteiger partial charge on any atom is 0.253 e. The van der Waals surface area contributed by atoms with Crippen molar-refractivity contribution < 1.29 is 9.53 Å². The van der Waals surface area contributed by atoms with E-state index in [0.717, 1.165) is 65.1 Å². The Morgan fingerprint density at radius 3 is 2.78 bits per heavy atom. The molecule has 7 heteroatoms. The van der Waals surface area contributed by atoms with Crippen molar-refractivity contribution >= 4 is 27.8 Å². The number of benzene rings is 2. The van der Waals surface area contributed by atoms with Gasteiger partial charge in [0.25, 0.3) is 5.91 Å². The number of methoxy groups -OCH3 is 1. The van der Waals surface area contributed by atoms with E-state index >= 15 is 0 Å². The van der Waals surface area contributed by atoms with Crippen LogP contribution in [0.3, 0.4) is 0 Å². The van der Waals surface area contributed by atoms with Gasteiger partial charge in [0, 0.05) is 49.7 Å². The predicted octanol–water partition coefficient (Wildman–Crippen LogP) is 3.79. The fourth-order valence-electron chi connectivity index (χ4n) is 4.83. The van der Waals surface area contributed by atoms with Crippen molar-refractivity contribution in [2.24, 2.45) is 12.8 Å². The van der Waals surface area contributed by atoms with E-state index in [0.29, 0.717) is 12.1 Å². The lowest BCUT2D eigenvalue weighted by atomic mass is 10.1. The van der Waals surface area contributed by atoms with Crippen LogP contribution in [0.25, 0.3) is 33.5 Å². The van der Waals surface area contributed by atoms with Crippen LogP contribution in [-0.4, -0.2) is 51.2 Å². The molecule has 1 aliphatic heterocycles. The summed E-state index contributed by atoms with van der Waals surface area (Å²) in [4.78, 5) is 19.9. The Kier molecular flexibility index (Phi) is 5.13. The number of hydrogen-bond donors (Lipinski definition) is 1. The van der Waals surface area contributed by atoms with E-state index in [1.807, 2.05) is 36.2 Å². The number of imidazole rings is 1. The van der Waals surface area contributed by atoms with E-state index in [1.165, 1.54) is 0 Å². The van der Waals surface area contributed by atoms with Gasteiger partial charge in [-0.2, -0.15) is 0 Å². The van der Waals surface area contributed by atoms with Gasteiger partial charge in [0.2, 0.25) is 0 Å². The Hall–Kier alpha value is -3.32. The third-order valence-electron chi connectivity index (χ3n) is 6.53. The van der Waals surface area contributed by atoms with E-state index in [9.17, 15) is 4.79 Å². The molecule has 0 saturated carbocycles. The molecule has 7 nitrogen and oxygen atoms in total. The Balaban J connectivity index is 1.57. The molecule has 0 bridgehead atoms. The number of piperidine rings is 1. The highest BCUT2D eigenvalue weighted by Crippen LogP contribution is 2.32. The molecule has 166 valence electrons. The van der Waals surface area contributed by atoms with E-state index in [2.05, 4.69) is 34.3 Å². The van der Waals surface area contributed by atoms with Crippen molar-refractivity contribution in [3.05, 3.63) is 48.0 Å². The number of aromatic nitrogens is 3. The summed E-state index contributed by atoms with van der Waals surface area (Å²) < 4.78 is 9.77. The summed E-state index contributed by atoms with van der Waals surface area (Å²) in [5, 5.41) is 1.15. The van der Waals surface area contributed by atoms with Gasteiger partial charge in [0.15, 0.2) is 5.82 Å². The molecule has 0 radical (unpaired) electrons. The first-order chi connectivity index (χ1) is 15.5. The molecule has 1 fully saturated rings. The number of likely N-dealkylation sites (tertiary alicyclic amines) is 1. The van der Waals surface area contributed by atoms with Crippen molar-refractivity contribution in [2.45, 2.75) is 32.4 Å². The van der Waals surface area contributed by atoms with Crippen LogP contribution in [0.5, 0.6) is 5.75 Å². The zero-order chi connectivity index (χ0) is 22.4. The number of hydrogen-bond acceptors (Lipinski definition) is 4. The quantitative estimate of drug-likeness (QED) is 0.533. The van der Waals surface area contributed by atoms with E-state index in [1.54, 1.807) is 7.11 Å². The average Bonchev–Trinajstić information content (AvgIpc) is 3.34. The molecular formula is C25H29N5O2. The average molecular weight is 432 g/mol. The molecule has 2 aromatic carbocycles. The van der Waals surface area contributed by atoms with Gasteiger partial charge in [-0.1, -0.05) is 0 Å². The lowest BCUT2D eigenvalue weighted by Crippen LogP contribution is -2.45. The molecule has 1 unspecified atom stereocenters. The summed E-state index contributed by atoms with van der Waals surface area (Å²) in [5.41, 5.74) is 10.7. The highest BCUT2D eigenvalue weighted by Gasteiger charge is 2.23. The smallest absolute Gasteiger partial charge is 0.253 e. The number of ether oxygens (including phenoxy) is 1. The number of aryl methyl sites for hydroxylation is 2. The van der Waals surface area contributed by atoms with Crippen LogP contribution < -0.4 is 10.5 Å². The number of nitrogens with two attached hydrogens (primary N) is 1. The number of carbonyl (C=O) groups excluding carboxylic acids is 1. The third kappa shape index (κ3) is 3.33. The van der Waals surface area contributed by atoms with Gasteiger partial charge in [0.1, 0.15) is 5.75 Å². The molecule has 0 spiro atoms. The van der Waals surface area contributed by atoms with Crippen LogP contribution in [0.2, 0.25) is 0 Å². The van der Waals surface area contributed by atoms with Gasteiger partial charge in [0.05, 0.1) is 29.4 Å². The first-order valence-electron chi connectivity index (χ1n) is 11.2. The normalized spacial score (nSPS) is 16.8. The van der Waals surface area contributed by atoms with E-state index < -0.39 is 0 Å². The zero-order valence-electron chi connectivity index (χ0n) is 18.8. The topological polar surface area (TPSA) is 78.3 Å². The molecule has 1 aliphatic rings. The minimum atomic E-state index is 0.0315. The monoisotopic (exact) mass is 431 g/mol. The zero-order valence-corrected chi connectivity index (χ0v) is 18.8. The third-order valence-corrected chi connectivity index (χ3v) is 6.53. The minimum Gasteiger partial charge on any atom is -0.497 e. The number of fused-ring (bicyclic) bond motifs is 2. The van der Waals surface area contributed by atoms with E-state index in [4.69, 9.17) is 15.5 Å². The van der Waals surface area contributed by atoms with Crippen LogP contribution >= 0.6 is 0 Å². The summed E-state index contributed by atoms with van der Waals surface area (Å²) in [7, 11) is 3.71. The van der Waals surface area contributed by atoms with Crippen molar-refractivity contribution in [3.8, 4) is 17.3 Å². The molecule has 5 rings (SSSR count). The Labute approximate surface area is 187 Å². The number of amides is 1. The van der Waals surface area contributed by atoms with Gasteiger partial charge >= 0.3 is 0 Å².